The van der Waals surface area contributed by atoms with Gasteiger partial charge in [0.25, 0.3) is 0 Å². The molecule has 1 saturated carbocycles. The van der Waals surface area contributed by atoms with Gasteiger partial charge in [0, 0.05) is 41.2 Å². The van der Waals surface area contributed by atoms with Crippen LogP contribution in [0, 0.1) is 11.7 Å². The van der Waals surface area contributed by atoms with Gasteiger partial charge in [-0.3, -0.25) is 9.89 Å². The highest BCUT2D eigenvalue weighted by molar-refractivity contribution is 7.98. The predicted molar refractivity (Wildman–Crippen MR) is 125 cm³/mol. The molecular formula is C24H34FN3O2S. The Morgan fingerprint density at radius 1 is 1.32 bits per heavy atom. The van der Waals surface area contributed by atoms with Gasteiger partial charge in [-0.05, 0) is 43.2 Å². The fraction of sp³-hybridized carbons (Fsp3) is 0.583. The van der Waals surface area contributed by atoms with E-state index in [0.717, 1.165) is 59.9 Å². The lowest BCUT2D eigenvalue weighted by Crippen LogP contribution is -2.14. The number of rotatable bonds is 6. The first kappa shape index (κ1) is 23.6. The van der Waals surface area contributed by atoms with E-state index < -0.39 is 0 Å². The molecule has 2 aromatic rings. The van der Waals surface area contributed by atoms with Crippen LogP contribution in [0.4, 0.5) is 15.9 Å². The molecule has 7 heteroatoms. The summed E-state index contributed by atoms with van der Waals surface area (Å²) in [6.07, 6.45) is 3.91. The molecule has 5 nitrogen and oxygen atoms in total. The Labute approximate surface area is 188 Å². The van der Waals surface area contributed by atoms with Crippen molar-refractivity contribution in [3.8, 4) is 0 Å². The number of nitrogens with one attached hydrogen (secondary N) is 2. The van der Waals surface area contributed by atoms with E-state index in [-0.39, 0.29) is 23.8 Å². The van der Waals surface area contributed by atoms with Crippen LogP contribution in [-0.4, -0.2) is 22.3 Å². The Balaban J connectivity index is 0.000000628. The summed E-state index contributed by atoms with van der Waals surface area (Å²) in [4.78, 5) is 11.7. The van der Waals surface area contributed by atoms with Crippen LogP contribution in [0.1, 0.15) is 82.5 Å². The molecule has 1 aliphatic heterocycles. The van der Waals surface area contributed by atoms with Crippen LogP contribution in [0.5, 0.6) is 0 Å². The van der Waals surface area contributed by atoms with Crippen molar-refractivity contribution in [3.63, 3.8) is 0 Å². The molecule has 1 fully saturated rings. The third-order valence-electron chi connectivity index (χ3n) is 5.28. The minimum atomic E-state index is -0.175. The number of carbonyl (C=O) groups excluding carboxylic acids is 1. The number of nitrogens with zero attached hydrogens (tertiary/aromatic N) is 1. The second kappa shape index (κ2) is 11.0. The highest BCUT2D eigenvalue weighted by Gasteiger charge is 2.29. The molecule has 170 valence electrons. The summed E-state index contributed by atoms with van der Waals surface area (Å²) in [7, 11) is 0. The summed E-state index contributed by atoms with van der Waals surface area (Å²) < 4.78 is 20.2. The number of hydrogen-bond donors (Lipinski definition) is 2. The van der Waals surface area contributed by atoms with Crippen molar-refractivity contribution >= 4 is 29.2 Å². The summed E-state index contributed by atoms with van der Waals surface area (Å²) in [5.41, 5.74) is 3.35. The van der Waals surface area contributed by atoms with Gasteiger partial charge in [-0.1, -0.05) is 33.8 Å². The van der Waals surface area contributed by atoms with Crippen molar-refractivity contribution in [3.05, 3.63) is 40.8 Å². The van der Waals surface area contributed by atoms with E-state index >= 15 is 0 Å². The van der Waals surface area contributed by atoms with Crippen molar-refractivity contribution in [2.45, 2.75) is 83.3 Å². The van der Waals surface area contributed by atoms with Gasteiger partial charge in [0.2, 0.25) is 0 Å². The molecule has 0 radical (unpaired) electrons. The van der Waals surface area contributed by atoms with E-state index in [0.29, 0.717) is 17.9 Å². The van der Waals surface area contributed by atoms with Crippen LogP contribution in [0.25, 0.3) is 0 Å². The number of H-pyrrole nitrogens is 1. The summed E-state index contributed by atoms with van der Waals surface area (Å²) in [5, 5.41) is 10.4. The lowest BCUT2D eigenvalue weighted by molar-refractivity contribution is -0.148. The maximum absolute atomic E-state index is 14.6. The average Bonchev–Trinajstić information content (AvgIpc) is 3.44. The van der Waals surface area contributed by atoms with Gasteiger partial charge in [0.05, 0.1) is 5.69 Å². The molecule has 1 aliphatic carbocycles. The Hall–Kier alpha value is -2.02. The van der Waals surface area contributed by atoms with Crippen molar-refractivity contribution in [2.75, 3.05) is 5.32 Å². The molecular weight excluding hydrogens is 413 g/mol. The molecule has 1 aromatic heterocycles. The van der Waals surface area contributed by atoms with Gasteiger partial charge >= 0.3 is 5.97 Å². The minimum Gasteiger partial charge on any atom is -0.462 e. The smallest absolute Gasteiger partial charge is 0.306 e. The maximum Gasteiger partial charge on any atom is 0.306 e. The van der Waals surface area contributed by atoms with Gasteiger partial charge in [-0.2, -0.15) is 16.9 Å². The second-order valence-electron chi connectivity index (χ2n) is 9.00. The van der Waals surface area contributed by atoms with Crippen LogP contribution in [0.15, 0.2) is 18.2 Å². The van der Waals surface area contributed by atoms with Crippen molar-refractivity contribution in [1.82, 2.24) is 10.2 Å². The zero-order valence-corrected chi connectivity index (χ0v) is 19.8. The fourth-order valence-corrected chi connectivity index (χ4v) is 4.95. The fourth-order valence-electron chi connectivity index (χ4n) is 3.84. The van der Waals surface area contributed by atoms with Gasteiger partial charge in [0.1, 0.15) is 6.10 Å². The van der Waals surface area contributed by atoms with Gasteiger partial charge in [-0.25, -0.2) is 4.39 Å². The number of hydrogen-bond acceptors (Lipinski definition) is 5. The van der Waals surface area contributed by atoms with Crippen molar-refractivity contribution in [2.24, 2.45) is 5.92 Å². The number of anilines is 2. The summed E-state index contributed by atoms with van der Waals surface area (Å²) in [5.74, 6) is 3.05. The first-order valence-corrected chi connectivity index (χ1v) is 12.4. The Morgan fingerprint density at radius 2 is 2.10 bits per heavy atom. The molecule has 2 aliphatic rings. The molecule has 0 spiro atoms. The Morgan fingerprint density at radius 3 is 2.84 bits per heavy atom. The van der Waals surface area contributed by atoms with Crippen LogP contribution >= 0.6 is 11.8 Å². The van der Waals surface area contributed by atoms with Crippen LogP contribution in [0.3, 0.4) is 0 Å². The maximum atomic E-state index is 14.6. The predicted octanol–water partition coefficient (Wildman–Crippen LogP) is 6.68. The number of esters is 1. The number of carbonyl (C=O) groups is 1. The Kier molecular flexibility index (Phi) is 8.41. The average molecular weight is 448 g/mol. The number of aromatic nitrogens is 2. The molecule has 2 N–H and O–H groups in total. The normalized spacial score (nSPS) is 19.7. The van der Waals surface area contributed by atoms with E-state index in [1.807, 2.05) is 19.1 Å². The number of benzene rings is 1. The van der Waals surface area contributed by atoms with Gasteiger partial charge in [-0.15, -0.1) is 0 Å². The largest absolute Gasteiger partial charge is 0.462 e. The Bertz CT molecular complexity index is 881. The molecule has 2 atom stereocenters. The molecule has 0 amide bonds. The molecule has 4 rings (SSSR count). The third-order valence-corrected chi connectivity index (χ3v) is 6.29. The lowest BCUT2D eigenvalue weighted by atomic mass is 10.0. The van der Waals surface area contributed by atoms with Crippen molar-refractivity contribution < 1.29 is 13.9 Å². The van der Waals surface area contributed by atoms with E-state index in [4.69, 9.17) is 4.74 Å². The quantitative estimate of drug-likeness (QED) is 0.483. The SMILES string of the molecule is CC(C)C.CCCC(=O)OC1CCC(c2cc(Nc3ccc4c(c3F)CSC4)n[nH]2)C1. The zero-order chi connectivity index (χ0) is 22.4. The molecule has 0 saturated heterocycles. The number of halogens is 1. The molecule has 2 unspecified atom stereocenters. The monoisotopic (exact) mass is 447 g/mol. The van der Waals surface area contributed by atoms with Gasteiger partial charge in [0.15, 0.2) is 11.6 Å². The van der Waals surface area contributed by atoms with Crippen LogP contribution in [0.2, 0.25) is 0 Å². The molecule has 31 heavy (non-hydrogen) atoms. The third kappa shape index (κ3) is 6.48. The minimum absolute atomic E-state index is 0.0135. The van der Waals surface area contributed by atoms with E-state index in [9.17, 15) is 9.18 Å². The summed E-state index contributed by atoms with van der Waals surface area (Å²) in [6.45, 7) is 8.47. The van der Waals surface area contributed by atoms with E-state index in [2.05, 4.69) is 36.3 Å². The number of thioether (sulfide) groups is 1. The van der Waals surface area contributed by atoms with Crippen molar-refractivity contribution in [1.29, 1.82) is 0 Å². The highest BCUT2D eigenvalue weighted by Crippen LogP contribution is 2.37. The topological polar surface area (TPSA) is 67.0 Å². The first-order chi connectivity index (χ1) is 14.9. The van der Waals surface area contributed by atoms with E-state index in [1.54, 1.807) is 17.8 Å². The molecule has 2 heterocycles. The standard InChI is InChI=1S/C20H24FN3O2S.C4H10/c1-2-3-19(25)26-14-6-4-12(8-14)17-9-18(24-23-17)22-16-7-5-13-10-27-11-15(13)20(16)21;1-4(2)3/h5,7,9,12,14H,2-4,6,8,10-11H2,1H3,(H2,22,23,24);4H,1-3H3. The summed E-state index contributed by atoms with van der Waals surface area (Å²) in [6, 6.07) is 5.70. The van der Waals surface area contributed by atoms with Crippen LogP contribution < -0.4 is 5.32 Å². The highest BCUT2D eigenvalue weighted by atomic mass is 32.2. The van der Waals surface area contributed by atoms with E-state index in [1.165, 1.54) is 0 Å². The molecule has 1 aromatic carbocycles. The van der Waals surface area contributed by atoms with Crippen LogP contribution in [-0.2, 0) is 21.0 Å². The lowest BCUT2D eigenvalue weighted by Gasteiger charge is -2.11. The molecule has 0 bridgehead atoms. The first-order valence-electron chi connectivity index (χ1n) is 11.3. The second-order valence-corrected chi connectivity index (χ2v) is 9.98. The zero-order valence-electron chi connectivity index (χ0n) is 19.0. The van der Waals surface area contributed by atoms with Gasteiger partial charge < -0.3 is 10.1 Å². The number of fused-ring (bicyclic) bond motifs is 1. The number of aromatic amines is 1. The summed E-state index contributed by atoms with van der Waals surface area (Å²) >= 11 is 1.73. The number of ether oxygens (including phenoxy) is 1.